The van der Waals surface area contributed by atoms with Gasteiger partial charge in [-0.05, 0) is 25.8 Å². The summed E-state index contributed by atoms with van der Waals surface area (Å²) in [5, 5.41) is 0. The van der Waals surface area contributed by atoms with Crippen molar-refractivity contribution in [2.75, 3.05) is 13.7 Å². The summed E-state index contributed by atoms with van der Waals surface area (Å²) in [6, 6.07) is 2.77. The van der Waals surface area contributed by atoms with E-state index < -0.39 is 15.9 Å². The van der Waals surface area contributed by atoms with E-state index in [1.807, 2.05) is 6.92 Å². The maximum Gasteiger partial charge on any atom is 0.265 e. The average molecular weight is 314 g/mol. The monoisotopic (exact) mass is 314 g/mol. The molecule has 0 spiro atoms. The molecule has 21 heavy (non-hydrogen) atoms. The summed E-state index contributed by atoms with van der Waals surface area (Å²) in [6.07, 6.45) is 2.15. The highest BCUT2D eigenvalue weighted by Crippen LogP contribution is 2.21. The van der Waals surface area contributed by atoms with Gasteiger partial charge in [0, 0.05) is 18.6 Å². The standard InChI is InChI=1S/C13H18N2O5S/c1-9-7-10(5-6-20-9)13(16)15-21(17,18)11-3-4-12(19-2)14-8-11/h3-4,8-10H,5-7H2,1-2H3,(H,15,16). The van der Waals surface area contributed by atoms with E-state index in [4.69, 9.17) is 9.47 Å². The van der Waals surface area contributed by atoms with Crippen LogP contribution in [0.3, 0.4) is 0 Å². The molecule has 0 aliphatic carbocycles. The van der Waals surface area contributed by atoms with Gasteiger partial charge >= 0.3 is 0 Å². The van der Waals surface area contributed by atoms with Crippen LogP contribution in [0.25, 0.3) is 0 Å². The van der Waals surface area contributed by atoms with E-state index in [0.717, 1.165) is 6.20 Å². The third-order valence-corrected chi connectivity index (χ3v) is 4.65. The van der Waals surface area contributed by atoms with E-state index in [2.05, 4.69) is 9.71 Å². The fourth-order valence-electron chi connectivity index (χ4n) is 2.16. The molecular formula is C13H18N2O5S. The van der Waals surface area contributed by atoms with Gasteiger partial charge in [0.25, 0.3) is 10.0 Å². The number of hydrogen-bond acceptors (Lipinski definition) is 6. The van der Waals surface area contributed by atoms with Crippen LogP contribution in [0.15, 0.2) is 23.2 Å². The lowest BCUT2D eigenvalue weighted by Crippen LogP contribution is -2.39. The molecule has 1 aliphatic heterocycles. The van der Waals surface area contributed by atoms with Crippen molar-refractivity contribution in [1.82, 2.24) is 9.71 Å². The molecule has 1 aromatic heterocycles. The van der Waals surface area contributed by atoms with Crippen LogP contribution in [-0.2, 0) is 19.6 Å². The molecule has 0 aromatic carbocycles. The number of methoxy groups -OCH3 is 1. The molecule has 1 amide bonds. The number of nitrogens with zero attached hydrogens (tertiary/aromatic N) is 1. The predicted molar refractivity (Wildman–Crippen MR) is 74.3 cm³/mol. The Morgan fingerprint density at radius 3 is 2.81 bits per heavy atom. The summed E-state index contributed by atoms with van der Waals surface area (Å²) >= 11 is 0. The first-order valence-corrected chi connectivity index (χ1v) is 8.09. The Hall–Kier alpha value is -1.67. The normalized spacial score (nSPS) is 22.6. The van der Waals surface area contributed by atoms with Crippen LogP contribution in [0, 0.1) is 5.92 Å². The van der Waals surface area contributed by atoms with Crippen LogP contribution in [-0.4, -0.2) is 39.1 Å². The molecular weight excluding hydrogens is 296 g/mol. The van der Waals surface area contributed by atoms with Crippen LogP contribution in [0.1, 0.15) is 19.8 Å². The molecule has 7 nitrogen and oxygen atoms in total. The molecule has 0 radical (unpaired) electrons. The van der Waals surface area contributed by atoms with Crippen molar-refractivity contribution in [2.45, 2.75) is 30.8 Å². The number of rotatable bonds is 4. The van der Waals surface area contributed by atoms with Crippen LogP contribution >= 0.6 is 0 Å². The van der Waals surface area contributed by atoms with Crippen molar-refractivity contribution in [3.63, 3.8) is 0 Å². The van der Waals surface area contributed by atoms with Gasteiger partial charge in [-0.25, -0.2) is 18.1 Å². The van der Waals surface area contributed by atoms with E-state index in [0.29, 0.717) is 25.3 Å². The van der Waals surface area contributed by atoms with Gasteiger partial charge in [0.2, 0.25) is 11.8 Å². The van der Waals surface area contributed by atoms with Gasteiger partial charge in [-0.2, -0.15) is 0 Å². The largest absolute Gasteiger partial charge is 0.481 e. The van der Waals surface area contributed by atoms with Crippen molar-refractivity contribution in [2.24, 2.45) is 5.92 Å². The van der Waals surface area contributed by atoms with Gasteiger partial charge in [-0.15, -0.1) is 0 Å². The van der Waals surface area contributed by atoms with E-state index in [9.17, 15) is 13.2 Å². The lowest BCUT2D eigenvalue weighted by atomic mass is 9.96. The summed E-state index contributed by atoms with van der Waals surface area (Å²) in [5.74, 6) is -0.547. The molecule has 2 atom stereocenters. The molecule has 2 rings (SSSR count). The molecule has 2 heterocycles. The smallest absolute Gasteiger partial charge is 0.265 e. The predicted octanol–water partition coefficient (Wildman–Crippen LogP) is 0.710. The topological polar surface area (TPSA) is 94.6 Å². The van der Waals surface area contributed by atoms with Crippen molar-refractivity contribution >= 4 is 15.9 Å². The molecule has 116 valence electrons. The maximum atomic E-state index is 12.1. The zero-order valence-electron chi connectivity index (χ0n) is 11.9. The number of ether oxygens (including phenoxy) is 2. The number of carbonyl (C=O) groups excluding carboxylic acids is 1. The molecule has 1 aromatic rings. The number of hydrogen-bond donors (Lipinski definition) is 1. The molecule has 1 saturated heterocycles. The van der Waals surface area contributed by atoms with Gasteiger partial charge in [0.15, 0.2) is 0 Å². The highest BCUT2D eigenvalue weighted by Gasteiger charge is 2.29. The number of sulfonamides is 1. The third-order valence-electron chi connectivity index (χ3n) is 3.32. The van der Waals surface area contributed by atoms with Gasteiger partial charge in [-0.1, -0.05) is 0 Å². The minimum absolute atomic E-state index is 0.0418. The van der Waals surface area contributed by atoms with Crippen LogP contribution < -0.4 is 9.46 Å². The quantitative estimate of drug-likeness (QED) is 0.879. The number of pyridine rings is 1. The Kier molecular flexibility index (Phi) is 4.79. The van der Waals surface area contributed by atoms with Crippen LogP contribution in [0.5, 0.6) is 5.88 Å². The van der Waals surface area contributed by atoms with Gasteiger partial charge in [-0.3, -0.25) is 4.79 Å². The molecule has 2 unspecified atom stereocenters. The highest BCUT2D eigenvalue weighted by atomic mass is 32.2. The summed E-state index contributed by atoms with van der Waals surface area (Å²) < 4.78 is 36.5. The van der Waals surface area contributed by atoms with Crippen molar-refractivity contribution < 1.29 is 22.7 Å². The summed E-state index contributed by atoms with van der Waals surface area (Å²) in [4.78, 5) is 15.8. The second-order valence-electron chi connectivity index (χ2n) is 4.91. The molecule has 1 N–H and O–H groups in total. The van der Waals surface area contributed by atoms with E-state index >= 15 is 0 Å². The fraction of sp³-hybridized carbons (Fsp3) is 0.538. The Balaban J connectivity index is 2.07. The molecule has 0 saturated carbocycles. The Bertz CT molecular complexity index is 599. The molecule has 1 fully saturated rings. The van der Waals surface area contributed by atoms with E-state index in [-0.39, 0.29) is 16.9 Å². The first-order valence-electron chi connectivity index (χ1n) is 6.60. The van der Waals surface area contributed by atoms with Crippen LogP contribution in [0.2, 0.25) is 0 Å². The number of aromatic nitrogens is 1. The van der Waals surface area contributed by atoms with E-state index in [1.165, 1.54) is 19.2 Å². The SMILES string of the molecule is COc1ccc(S(=O)(=O)NC(=O)C2CCOC(C)C2)cn1. The molecule has 1 aliphatic rings. The zero-order chi connectivity index (χ0) is 15.5. The number of amides is 1. The first-order chi connectivity index (χ1) is 9.92. The zero-order valence-corrected chi connectivity index (χ0v) is 12.7. The summed E-state index contributed by atoms with van der Waals surface area (Å²) in [6.45, 7) is 2.32. The molecule has 8 heteroatoms. The third kappa shape index (κ3) is 3.92. The van der Waals surface area contributed by atoms with Gasteiger partial charge in [0.1, 0.15) is 4.90 Å². The summed E-state index contributed by atoms with van der Waals surface area (Å²) in [5.41, 5.74) is 0. The maximum absolute atomic E-state index is 12.1. The average Bonchev–Trinajstić information content (AvgIpc) is 2.47. The van der Waals surface area contributed by atoms with Gasteiger partial charge in [0.05, 0.1) is 19.4 Å². The van der Waals surface area contributed by atoms with Crippen molar-refractivity contribution in [3.05, 3.63) is 18.3 Å². The lowest BCUT2D eigenvalue weighted by molar-refractivity contribution is -0.127. The Morgan fingerprint density at radius 2 is 2.24 bits per heavy atom. The van der Waals surface area contributed by atoms with E-state index in [1.54, 1.807) is 0 Å². The Morgan fingerprint density at radius 1 is 1.48 bits per heavy atom. The molecule has 0 bridgehead atoms. The Labute approximate surface area is 123 Å². The van der Waals surface area contributed by atoms with Crippen molar-refractivity contribution in [3.8, 4) is 5.88 Å². The lowest BCUT2D eigenvalue weighted by Gasteiger charge is -2.26. The minimum atomic E-state index is -3.91. The fourth-order valence-corrected chi connectivity index (χ4v) is 3.15. The highest BCUT2D eigenvalue weighted by molar-refractivity contribution is 7.90. The van der Waals surface area contributed by atoms with Crippen molar-refractivity contribution in [1.29, 1.82) is 0 Å². The summed E-state index contributed by atoms with van der Waals surface area (Å²) in [7, 11) is -2.47. The van der Waals surface area contributed by atoms with Gasteiger partial charge < -0.3 is 9.47 Å². The number of nitrogens with one attached hydrogen (secondary N) is 1. The van der Waals surface area contributed by atoms with Crippen LogP contribution in [0.4, 0.5) is 0 Å². The first kappa shape index (κ1) is 15.7. The minimum Gasteiger partial charge on any atom is -0.481 e. The second-order valence-corrected chi connectivity index (χ2v) is 6.59. The number of carbonyl (C=O) groups is 1. The second kappa shape index (κ2) is 6.40.